The molecule has 3 aromatic carbocycles. The van der Waals surface area contributed by atoms with E-state index in [9.17, 15) is 39.9 Å². The molecule has 1 aliphatic heterocycles. The molecule has 4 aromatic rings. The van der Waals surface area contributed by atoms with Gasteiger partial charge in [0, 0.05) is 55.2 Å². The minimum atomic E-state index is -3.67. The van der Waals surface area contributed by atoms with Gasteiger partial charge < -0.3 is 24.4 Å². The molecule has 5 rings (SSSR count). The van der Waals surface area contributed by atoms with Crippen LogP contribution >= 0.6 is 0 Å². The van der Waals surface area contributed by atoms with Crippen molar-refractivity contribution in [1.29, 1.82) is 0 Å². The lowest BCUT2D eigenvalue weighted by Gasteiger charge is -2.42. The van der Waals surface area contributed by atoms with Crippen LogP contribution in [0, 0.1) is 5.82 Å². The zero-order valence-electron chi connectivity index (χ0n) is 29.8. The van der Waals surface area contributed by atoms with Gasteiger partial charge in [-0.25, -0.2) is 9.18 Å². The molecule has 0 aliphatic carbocycles. The quantitative estimate of drug-likeness (QED) is 0.205. The maximum absolute atomic E-state index is 15.5. The van der Waals surface area contributed by atoms with Gasteiger partial charge in [0.2, 0.25) is 5.43 Å². The van der Waals surface area contributed by atoms with Gasteiger partial charge in [-0.05, 0) is 63.0 Å². The van der Waals surface area contributed by atoms with Crippen molar-refractivity contribution in [3.8, 4) is 5.69 Å². The highest BCUT2D eigenvalue weighted by molar-refractivity contribution is 7.85. The highest BCUT2D eigenvalue weighted by Gasteiger charge is 2.27. The number of carbonyl (C=O) groups is 1. The molecular weight excluding hydrogens is 760 g/mol. The first kappa shape index (κ1) is 44.7. The highest BCUT2D eigenvalue weighted by Crippen LogP contribution is 2.30. The average Bonchev–Trinajstić information content (AvgIpc) is 2.99. The van der Waals surface area contributed by atoms with Crippen LogP contribution in [0.3, 0.4) is 0 Å². The summed E-state index contributed by atoms with van der Waals surface area (Å²) in [6.07, 6.45) is 3.48. The SMILES string of the molecule is CC1CN(c2cc3c(cc2F)c(=O)c(C(=O)O)cn3-c2ccc(CN(C)C)cc2)CCN1c1ccccc1.CS(=O)(=O)O.CS(=O)(=O)O.CS(=O)(=O)O. The van der Waals surface area contributed by atoms with Crippen molar-refractivity contribution in [1.82, 2.24) is 9.47 Å². The third-order valence-corrected chi connectivity index (χ3v) is 7.07. The summed E-state index contributed by atoms with van der Waals surface area (Å²) < 4.78 is 94.8. The van der Waals surface area contributed by atoms with Gasteiger partial charge in [-0.15, -0.1) is 0 Å². The highest BCUT2D eigenvalue weighted by atomic mass is 32.2. The molecule has 16 nitrogen and oxygen atoms in total. The van der Waals surface area contributed by atoms with Gasteiger partial charge in [0.1, 0.15) is 11.4 Å². The minimum Gasteiger partial charge on any atom is -0.477 e. The molecule has 1 aromatic heterocycles. The topological polar surface area (TPSA) is 232 Å². The summed E-state index contributed by atoms with van der Waals surface area (Å²) in [7, 11) is -7.03. The number of carboxylic acid groups (broad SMARTS) is 1. The number of anilines is 2. The lowest BCUT2D eigenvalue weighted by molar-refractivity contribution is 0.0695. The van der Waals surface area contributed by atoms with E-state index in [1.807, 2.05) is 61.5 Å². The number of piperazine rings is 1. The number of aromatic nitrogens is 1. The van der Waals surface area contributed by atoms with E-state index >= 15 is 4.39 Å². The normalized spacial score (nSPS) is 14.7. The first-order chi connectivity index (χ1) is 24.2. The second-order valence-electron chi connectivity index (χ2n) is 12.3. The van der Waals surface area contributed by atoms with Crippen LogP contribution < -0.4 is 15.2 Å². The predicted octanol–water partition coefficient (Wildman–Crippen LogP) is 3.12. The van der Waals surface area contributed by atoms with E-state index < -0.39 is 53.1 Å². The number of aromatic carboxylic acids is 1. The van der Waals surface area contributed by atoms with E-state index in [1.54, 1.807) is 10.6 Å². The lowest BCUT2D eigenvalue weighted by Crippen LogP contribution is -2.52. The molecule has 53 heavy (non-hydrogen) atoms. The predicted molar refractivity (Wildman–Crippen MR) is 202 cm³/mol. The van der Waals surface area contributed by atoms with Crippen molar-refractivity contribution in [3.63, 3.8) is 0 Å². The summed E-state index contributed by atoms with van der Waals surface area (Å²) in [6.45, 7) is 4.81. The van der Waals surface area contributed by atoms with Crippen LogP contribution in [0.15, 0.2) is 77.7 Å². The van der Waals surface area contributed by atoms with Crippen molar-refractivity contribution in [2.24, 2.45) is 0 Å². The Labute approximate surface area is 307 Å². The Kier molecular flexibility index (Phi) is 15.6. The number of para-hydroxylation sites is 1. The number of pyridine rings is 1. The molecule has 292 valence electrons. The van der Waals surface area contributed by atoms with Gasteiger partial charge in [-0.1, -0.05) is 30.3 Å². The average molecular weight is 803 g/mol. The molecule has 2 heterocycles. The van der Waals surface area contributed by atoms with Gasteiger partial charge >= 0.3 is 5.97 Å². The number of hydrogen-bond donors (Lipinski definition) is 4. The van der Waals surface area contributed by atoms with Crippen molar-refractivity contribution in [2.45, 2.75) is 19.5 Å². The number of benzene rings is 3. The van der Waals surface area contributed by atoms with E-state index in [2.05, 4.69) is 28.9 Å². The first-order valence-electron chi connectivity index (χ1n) is 15.4. The molecule has 1 atom stereocenters. The Morgan fingerprint density at radius 2 is 1.34 bits per heavy atom. The Morgan fingerprint density at radius 3 is 1.79 bits per heavy atom. The van der Waals surface area contributed by atoms with Crippen LogP contribution in [0.25, 0.3) is 16.6 Å². The molecule has 1 unspecified atom stereocenters. The van der Waals surface area contributed by atoms with Crippen LogP contribution in [0.1, 0.15) is 22.8 Å². The molecule has 1 fully saturated rings. The fraction of sp³-hybridized carbons (Fsp3) is 0.333. The maximum atomic E-state index is 15.5. The van der Waals surface area contributed by atoms with Crippen molar-refractivity contribution in [2.75, 3.05) is 62.3 Å². The van der Waals surface area contributed by atoms with Crippen molar-refractivity contribution in [3.05, 3.63) is 100 Å². The molecule has 0 bridgehead atoms. The van der Waals surface area contributed by atoms with Gasteiger partial charge in [-0.3, -0.25) is 18.5 Å². The third kappa shape index (κ3) is 16.0. The van der Waals surface area contributed by atoms with E-state index in [-0.39, 0.29) is 11.4 Å². The molecule has 20 heteroatoms. The zero-order valence-corrected chi connectivity index (χ0v) is 32.2. The molecule has 1 aliphatic rings. The zero-order chi connectivity index (χ0) is 40.5. The molecule has 0 amide bonds. The fourth-order valence-corrected chi connectivity index (χ4v) is 5.25. The summed E-state index contributed by atoms with van der Waals surface area (Å²) in [5.41, 5.74) is 2.70. The number of halogens is 1. The molecule has 4 N–H and O–H groups in total. The van der Waals surface area contributed by atoms with E-state index in [1.165, 1.54) is 12.3 Å². The van der Waals surface area contributed by atoms with Crippen molar-refractivity contribution < 1.29 is 53.2 Å². The molecule has 0 spiro atoms. The number of rotatable bonds is 6. The van der Waals surface area contributed by atoms with Gasteiger partial charge in [-0.2, -0.15) is 25.3 Å². The standard InChI is InChI=1S/C30H31FN4O3.3CH4O3S/c1-20-17-33(13-14-34(20)22-7-5-4-6-8-22)28-16-27-24(15-26(28)31)29(36)25(30(37)38)19-35(27)23-11-9-21(10-12-23)18-32(2)3;3*1-5(2,3)4/h4-12,15-16,19-20H,13-14,17-18H2,1-3H3,(H,37,38);3*1H3,(H,2,3,4). The molecule has 0 saturated carbocycles. The van der Waals surface area contributed by atoms with E-state index in [0.717, 1.165) is 24.3 Å². The third-order valence-electron chi connectivity index (χ3n) is 7.07. The van der Waals surface area contributed by atoms with E-state index in [4.69, 9.17) is 13.7 Å². The molecule has 0 radical (unpaired) electrons. The Balaban J connectivity index is 0.000000549. The summed E-state index contributed by atoms with van der Waals surface area (Å²) in [6, 6.07) is 20.9. The first-order valence-corrected chi connectivity index (χ1v) is 21.0. The van der Waals surface area contributed by atoms with Gasteiger partial charge in [0.05, 0.1) is 30.0 Å². The second-order valence-corrected chi connectivity index (χ2v) is 16.7. The van der Waals surface area contributed by atoms with Crippen molar-refractivity contribution >= 4 is 58.6 Å². The number of carboxylic acids is 1. The monoisotopic (exact) mass is 802 g/mol. The number of fused-ring (bicyclic) bond motifs is 1. The largest absolute Gasteiger partial charge is 0.477 e. The Bertz CT molecular complexity index is 2170. The maximum Gasteiger partial charge on any atom is 0.341 e. The minimum absolute atomic E-state index is 0.0412. The van der Waals surface area contributed by atoms with Crippen LogP contribution in [0.2, 0.25) is 0 Å². The van der Waals surface area contributed by atoms with Crippen LogP contribution in [0.4, 0.5) is 15.8 Å². The van der Waals surface area contributed by atoms with Crippen LogP contribution in [-0.2, 0) is 36.9 Å². The smallest absolute Gasteiger partial charge is 0.341 e. The summed E-state index contributed by atoms with van der Waals surface area (Å²) >= 11 is 0. The summed E-state index contributed by atoms with van der Waals surface area (Å²) in [5, 5.41) is 9.73. The molecular formula is C33H43FN4O12S3. The molecule has 1 saturated heterocycles. The number of nitrogens with zero attached hydrogens (tertiary/aromatic N) is 4. The second kappa shape index (κ2) is 18.5. The van der Waals surface area contributed by atoms with Gasteiger partial charge in [0.15, 0.2) is 0 Å². The van der Waals surface area contributed by atoms with Crippen LogP contribution in [0.5, 0.6) is 0 Å². The van der Waals surface area contributed by atoms with Crippen LogP contribution in [-0.4, -0.2) is 118 Å². The summed E-state index contributed by atoms with van der Waals surface area (Å²) in [4.78, 5) is 31.3. The summed E-state index contributed by atoms with van der Waals surface area (Å²) in [5.74, 6) is -1.88. The van der Waals surface area contributed by atoms with Gasteiger partial charge in [0.25, 0.3) is 30.4 Å². The van der Waals surface area contributed by atoms with E-state index in [0.29, 0.717) is 48.7 Å². The Hall–Kier alpha value is -4.44. The number of hydrogen-bond acceptors (Lipinski definition) is 11. The lowest BCUT2D eigenvalue weighted by atomic mass is 10.1. The fourth-order valence-electron chi connectivity index (χ4n) is 5.25. The Morgan fingerprint density at radius 1 is 0.830 bits per heavy atom.